The molecule has 0 saturated carbocycles. The van der Waals surface area contributed by atoms with Gasteiger partial charge in [-0.25, -0.2) is 4.84 Å². The Morgan fingerprint density at radius 1 is 1.83 bits per heavy atom. The Kier molecular flexibility index (Phi) is 0.742. The minimum atomic E-state index is 0.486. The van der Waals surface area contributed by atoms with Gasteiger partial charge in [0.15, 0.2) is 6.61 Å². The molecule has 1 saturated heterocycles. The second-order valence-electron chi connectivity index (χ2n) is 1.09. The van der Waals surface area contributed by atoms with Crippen molar-refractivity contribution in [2.75, 3.05) is 6.61 Å². The Morgan fingerprint density at radius 2 is 2.67 bits per heavy atom. The second-order valence-corrected chi connectivity index (χ2v) is 1.09. The van der Waals surface area contributed by atoms with Crippen LogP contribution in [0.4, 0.5) is 0 Å². The Bertz CT molecular complexity index is 63.2. The average Bonchev–Trinajstić information content (AvgIpc) is 1.86. The van der Waals surface area contributed by atoms with Gasteiger partial charge in [-0.05, 0) is 0 Å². The van der Waals surface area contributed by atoms with Crippen molar-refractivity contribution in [3.05, 3.63) is 11.5 Å². The van der Waals surface area contributed by atoms with Crippen LogP contribution >= 0.6 is 0 Å². The summed E-state index contributed by atoms with van der Waals surface area (Å²) in [4.78, 5) is 14.7. The Morgan fingerprint density at radius 3 is 2.83 bits per heavy atom. The lowest BCUT2D eigenvalue weighted by Gasteiger charge is -1.68. The summed E-state index contributed by atoms with van der Waals surface area (Å²) in [5.41, 5.74) is 0. The highest BCUT2D eigenvalue weighted by Gasteiger charge is 2.19. The molecule has 3 nitrogen and oxygen atoms in total. The van der Waals surface area contributed by atoms with E-state index in [0.717, 1.165) is 6.42 Å². The quantitative estimate of drug-likeness (QED) is 0.424. The van der Waals surface area contributed by atoms with Crippen LogP contribution in [0.15, 0.2) is 0 Å². The Labute approximate surface area is 35.4 Å². The maximum Gasteiger partial charge on any atom is 0.330 e. The number of hydrogen-bond donors (Lipinski definition) is 0. The topological polar surface area (TPSA) is 29.3 Å². The van der Waals surface area contributed by atoms with E-state index in [9.17, 15) is 4.91 Å². The third kappa shape index (κ3) is 0.478. The van der Waals surface area contributed by atoms with Crippen LogP contribution in [0.25, 0.3) is 0 Å². The molecule has 0 aromatic rings. The van der Waals surface area contributed by atoms with Gasteiger partial charge >= 0.3 is 6.54 Å². The third-order valence-electron chi connectivity index (χ3n) is 0.615. The van der Waals surface area contributed by atoms with E-state index >= 15 is 0 Å². The minimum Gasteiger partial charge on any atom is -0.231 e. The van der Waals surface area contributed by atoms with E-state index in [0.29, 0.717) is 11.5 Å². The van der Waals surface area contributed by atoms with E-state index in [1.165, 1.54) is 6.54 Å². The molecular weight excluding hydrogens is 82.0 g/mol. The second kappa shape index (κ2) is 1.24. The molecule has 0 aromatic heterocycles. The molecule has 1 rings (SSSR count). The maximum atomic E-state index is 9.88. The van der Waals surface area contributed by atoms with Gasteiger partial charge in [0, 0.05) is 0 Å². The third-order valence-corrected chi connectivity index (χ3v) is 0.615. The van der Waals surface area contributed by atoms with Crippen molar-refractivity contribution in [1.29, 1.82) is 0 Å². The predicted molar refractivity (Wildman–Crippen MR) is 18.5 cm³/mol. The molecule has 1 aliphatic heterocycles. The van der Waals surface area contributed by atoms with Gasteiger partial charge in [-0.15, -0.1) is 0 Å². The van der Waals surface area contributed by atoms with Crippen molar-refractivity contribution in [1.82, 2.24) is 0 Å². The molecule has 0 amide bonds. The van der Waals surface area contributed by atoms with E-state index in [1.54, 1.807) is 0 Å². The smallest absolute Gasteiger partial charge is 0.231 e. The van der Waals surface area contributed by atoms with Crippen molar-refractivity contribution in [2.24, 2.45) is 0 Å². The predicted octanol–water partition coefficient (Wildman–Crippen LogP) is 0.262. The van der Waals surface area contributed by atoms with Gasteiger partial charge < -0.3 is 0 Å². The molecule has 6 heavy (non-hydrogen) atoms. The van der Waals surface area contributed by atoms with E-state index in [2.05, 4.69) is 4.84 Å². The van der Waals surface area contributed by atoms with E-state index in [-0.39, 0.29) is 0 Å². The van der Waals surface area contributed by atoms with E-state index in [1.807, 2.05) is 0 Å². The molecule has 1 heterocycles. The summed E-state index contributed by atoms with van der Waals surface area (Å²) in [6.07, 6.45) is 0.753. The molecule has 3 heteroatoms. The molecule has 1 fully saturated rings. The lowest BCUT2D eigenvalue weighted by atomic mass is 10.5. The number of hydrogen-bond acceptors (Lipinski definition) is 2. The fourth-order valence-electron chi connectivity index (χ4n) is 0.353. The Balaban J connectivity index is 2.37. The van der Waals surface area contributed by atoms with Crippen LogP contribution in [0.5, 0.6) is 0 Å². The lowest BCUT2D eigenvalue weighted by molar-refractivity contribution is -0.755. The molecular formula is C3H5NO2+. The van der Waals surface area contributed by atoms with Crippen molar-refractivity contribution < 1.29 is 9.76 Å². The first-order chi connectivity index (χ1) is 2.89. The first kappa shape index (κ1) is 3.59. The van der Waals surface area contributed by atoms with Crippen LogP contribution < -0.4 is 0 Å². The van der Waals surface area contributed by atoms with Crippen LogP contribution in [-0.2, 0) is 4.84 Å². The Hall–Kier alpha value is -0.600. The molecule has 33 valence electrons. The molecule has 0 unspecified atom stereocenters. The standard InChI is InChI=1S/C3H5NO2/c5-4-2-1-3-6-4/h2H,1,3H2/q+1. The van der Waals surface area contributed by atoms with Gasteiger partial charge in [0.05, 0.1) is 11.3 Å². The van der Waals surface area contributed by atoms with Crippen molar-refractivity contribution >= 4 is 0 Å². The fraction of sp³-hybridized carbons (Fsp3) is 0.667. The molecule has 0 aromatic carbocycles. The van der Waals surface area contributed by atoms with Crippen molar-refractivity contribution in [3.8, 4) is 0 Å². The van der Waals surface area contributed by atoms with E-state index < -0.39 is 0 Å². The molecule has 1 aliphatic rings. The highest BCUT2D eigenvalue weighted by molar-refractivity contribution is 4.46. The molecule has 1 radical (unpaired) electrons. The zero-order valence-electron chi connectivity index (χ0n) is 3.26. The maximum absolute atomic E-state index is 9.88. The molecule has 0 aliphatic carbocycles. The average molecular weight is 87.1 g/mol. The molecule has 0 N–H and O–H groups in total. The minimum absolute atomic E-state index is 0.486. The summed E-state index contributed by atoms with van der Waals surface area (Å²) in [6.45, 7) is 2.00. The zero-order chi connectivity index (χ0) is 4.41. The molecule has 0 bridgehead atoms. The normalized spacial score (nSPS) is 21.0. The summed E-state index contributed by atoms with van der Waals surface area (Å²) >= 11 is 0. The summed E-state index contributed by atoms with van der Waals surface area (Å²) in [5.74, 6) is 0. The van der Waals surface area contributed by atoms with Gasteiger partial charge in [0.1, 0.15) is 0 Å². The highest BCUT2D eigenvalue weighted by Crippen LogP contribution is 1.99. The van der Waals surface area contributed by atoms with Crippen molar-refractivity contribution in [3.63, 3.8) is 0 Å². The fourth-order valence-corrected chi connectivity index (χ4v) is 0.353. The van der Waals surface area contributed by atoms with Crippen LogP contribution in [0.3, 0.4) is 0 Å². The first-order valence-electron chi connectivity index (χ1n) is 1.82. The zero-order valence-corrected chi connectivity index (χ0v) is 3.26. The number of rotatable bonds is 0. The van der Waals surface area contributed by atoms with Gasteiger partial charge in [-0.3, -0.25) is 0 Å². The van der Waals surface area contributed by atoms with Crippen molar-refractivity contribution in [2.45, 2.75) is 6.42 Å². The van der Waals surface area contributed by atoms with Gasteiger partial charge in [-0.1, -0.05) is 0 Å². The van der Waals surface area contributed by atoms with Crippen LogP contribution in [0.1, 0.15) is 6.42 Å². The monoisotopic (exact) mass is 87.0 g/mol. The summed E-state index contributed by atoms with van der Waals surface area (Å²) in [7, 11) is 0. The summed E-state index contributed by atoms with van der Waals surface area (Å²) in [5, 5.41) is 0. The highest BCUT2D eigenvalue weighted by atomic mass is 16.8. The number of nitrogens with zero attached hydrogens (tertiary/aromatic N) is 1. The van der Waals surface area contributed by atoms with Gasteiger partial charge in [0.2, 0.25) is 4.92 Å². The van der Waals surface area contributed by atoms with Crippen LogP contribution in [0.2, 0.25) is 0 Å². The summed E-state index contributed by atoms with van der Waals surface area (Å²) < 4.78 is 0. The lowest BCUT2D eigenvalue weighted by Crippen LogP contribution is -1.90. The summed E-state index contributed by atoms with van der Waals surface area (Å²) in [6, 6.07) is 0. The van der Waals surface area contributed by atoms with Gasteiger partial charge in [0.25, 0.3) is 0 Å². The van der Waals surface area contributed by atoms with Crippen LogP contribution in [-0.4, -0.2) is 11.5 Å². The van der Waals surface area contributed by atoms with E-state index in [4.69, 9.17) is 0 Å². The molecule has 0 spiro atoms. The van der Waals surface area contributed by atoms with Crippen LogP contribution in [0, 0.1) is 11.5 Å². The largest absolute Gasteiger partial charge is 0.330 e. The molecule has 0 atom stereocenters. The van der Waals surface area contributed by atoms with Gasteiger partial charge in [-0.2, -0.15) is 0 Å². The SMILES string of the molecule is O=[N+]1[CH]CCO1. The first-order valence-corrected chi connectivity index (χ1v) is 1.82.